The number of hydrogen-bond donors (Lipinski definition) is 1. The Labute approximate surface area is 203 Å². The maximum atomic E-state index is 12.9. The number of nitrogens with zero attached hydrogens (tertiary/aromatic N) is 4. The van der Waals surface area contributed by atoms with Crippen LogP contribution in [0.15, 0.2) is 91.4 Å². The quantitative estimate of drug-likeness (QED) is 0.322. The molecule has 2 heterocycles. The van der Waals surface area contributed by atoms with Crippen molar-refractivity contribution in [3.8, 4) is 5.75 Å². The standard InChI is InChI=1S/C26H20F3N5O2/c27-26(28,29)20-8-4-9-22(13-20)36-17-33-12-11-24(32-33)25(35)31-21-14-30-34(16-21)15-19-7-3-6-18-5-1-2-10-23(18)19/h1-14,16H,15,17H2,(H,31,35). The molecule has 7 nitrogen and oxygen atoms in total. The molecule has 0 aliphatic heterocycles. The number of benzene rings is 3. The summed E-state index contributed by atoms with van der Waals surface area (Å²) < 4.78 is 47.0. The van der Waals surface area contributed by atoms with Gasteiger partial charge >= 0.3 is 6.18 Å². The second-order valence-electron chi connectivity index (χ2n) is 8.06. The van der Waals surface area contributed by atoms with Gasteiger partial charge < -0.3 is 10.1 Å². The number of hydrogen-bond acceptors (Lipinski definition) is 4. The zero-order valence-corrected chi connectivity index (χ0v) is 18.8. The van der Waals surface area contributed by atoms with E-state index in [9.17, 15) is 18.0 Å². The number of carbonyl (C=O) groups excluding carboxylic acids is 1. The van der Waals surface area contributed by atoms with Crippen LogP contribution >= 0.6 is 0 Å². The predicted octanol–water partition coefficient (Wildman–Crippen LogP) is 5.59. The van der Waals surface area contributed by atoms with Crippen molar-refractivity contribution in [3.63, 3.8) is 0 Å². The van der Waals surface area contributed by atoms with Crippen molar-refractivity contribution >= 4 is 22.4 Å². The van der Waals surface area contributed by atoms with Crippen molar-refractivity contribution in [1.82, 2.24) is 19.6 Å². The van der Waals surface area contributed by atoms with Crippen LogP contribution in [-0.4, -0.2) is 25.5 Å². The van der Waals surface area contributed by atoms with E-state index in [1.54, 1.807) is 17.1 Å². The highest BCUT2D eigenvalue weighted by atomic mass is 19.4. The van der Waals surface area contributed by atoms with Gasteiger partial charge in [-0.15, -0.1) is 0 Å². The zero-order valence-electron chi connectivity index (χ0n) is 18.8. The van der Waals surface area contributed by atoms with E-state index >= 15 is 0 Å². The van der Waals surface area contributed by atoms with Crippen molar-refractivity contribution in [3.05, 3.63) is 108 Å². The molecule has 0 aliphatic carbocycles. The van der Waals surface area contributed by atoms with Crippen LogP contribution in [0.25, 0.3) is 10.8 Å². The first kappa shape index (κ1) is 23.2. The number of amides is 1. The molecule has 0 fully saturated rings. The molecular formula is C26H20F3N5O2. The third-order valence-corrected chi connectivity index (χ3v) is 5.50. The van der Waals surface area contributed by atoms with Crippen LogP contribution < -0.4 is 10.1 Å². The van der Waals surface area contributed by atoms with Gasteiger partial charge in [0.1, 0.15) is 5.75 Å². The van der Waals surface area contributed by atoms with Crippen LogP contribution in [0.2, 0.25) is 0 Å². The Balaban J connectivity index is 1.20. The van der Waals surface area contributed by atoms with E-state index in [0.717, 1.165) is 28.5 Å². The van der Waals surface area contributed by atoms with Crippen molar-refractivity contribution in [2.45, 2.75) is 19.5 Å². The number of rotatable bonds is 7. The molecule has 5 rings (SSSR count). The van der Waals surface area contributed by atoms with Crippen LogP contribution in [0, 0.1) is 0 Å². The summed E-state index contributed by atoms with van der Waals surface area (Å²) in [6.07, 6.45) is 0.329. The van der Waals surface area contributed by atoms with Crippen molar-refractivity contribution in [1.29, 1.82) is 0 Å². The maximum absolute atomic E-state index is 12.9. The van der Waals surface area contributed by atoms with Crippen molar-refractivity contribution in [2.24, 2.45) is 0 Å². The van der Waals surface area contributed by atoms with Crippen LogP contribution in [0.1, 0.15) is 21.6 Å². The summed E-state index contributed by atoms with van der Waals surface area (Å²) in [5.41, 5.74) is 0.939. The average molecular weight is 491 g/mol. The monoisotopic (exact) mass is 491 g/mol. The van der Waals surface area contributed by atoms with Crippen LogP contribution in [0.4, 0.5) is 18.9 Å². The van der Waals surface area contributed by atoms with E-state index in [2.05, 4.69) is 33.7 Å². The minimum atomic E-state index is -4.46. The number of ether oxygens (including phenoxy) is 1. The second kappa shape index (κ2) is 9.57. The molecule has 182 valence electrons. The van der Waals surface area contributed by atoms with Gasteiger partial charge in [-0.25, -0.2) is 4.68 Å². The van der Waals surface area contributed by atoms with Gasteiger partial charge in [-0.1, -0.05) is 48.5 Å². The Morgan fingerprint density at radius 3 is 2.64 bits per heavy atom. The van der Waals surface area contributed by atoms with E-state index in [4.69, 9.17) is 4.74 Å². The van der Waals surface area contributed by atoms with E-state index < -0.39 is 17.6 Å². The Kier molecular flexibility index (Phi) is 6.16. The number of carbonyl (C=O) groups is 1. The molecule has 0 bridgehead atoms. The number of nitrogens with one attached hydrogen (secondary N) is 1. The van der Waals surface area contributed by atoms with Crippen molar-refractivity contribution in [2.75, 3.05) is 5.32 Å². The average Bonchev–Trinajstić information content (AvgIpc) is 3.52. The Hall–Kier alpha value is -4.60. The van der Waals surface area contributed by atoms with E-state index in [-0.39, 0.29) is 18.2 Å². The number of halogens is 3. The summed E-state index contributed by atoms with van der Waals surface area (Å²) in [6.45, 7) is 0.385. The van der Waals surface area contributed by atoms with Gasteiger partial charge in [-0.2, -0.15) is 23.4 Å². The first-order chi connectivity index (χ1) is 17.3. The fourth-order valence-electron chi connectivity index (χ4n) is 3.77. The molecule has 0 aliphatic rings. The van der Waals surface area contributed by atoms with E-state index in [1.165, 1.54) is 29.1 Å². The molecule has 2 aromatic heterocycles. The normalized spacial score (nSPS) is 11.5. The van der Waals surface area contributed by atoms with Gasteiger partial charge in [0.05, 0.1) is 24.0 Å². The van der Waals surface area contributed by atoms with Gasteiger partial charge in [-0.3, -0.25) is 9.48 Å². The lowest BCUT2D eigenvalue weighted by Gasteiger charge is -2.10. The third-order valence-electron chi connectivity index (χ3n) is 5.50. The lowest BCUT2D eigenvalue weighted by molar-refractivity contribution is -0.137. The lowest BCUT2D eigenvalue weighted by atomic mass is 10.0. The van der Waals surface area contributed by atoms with Crippen LogP contribution in [-0.2, 0) is 19.5 Å². The summed E-state index contributed by atoms with van der Waals surface area (Å²) in [5, 5.41) is 13.5. The molecule has 0 saturated heterocycles. The van der Waals surface area contributed by atoms with E-state index in [0.29, 0.717) is 12.2 Å². The summed E-state index contributed by atoms with van der Waals surface area (Å²) in [7, 11) is 0. The molecule has 0 saturated carbocycles. The fraction of sp³-hybridized carbons (Fsp3) is 0.115. The highest BCUT2D eigenvalue weighted by Crippen LogP contribution is 2.31. The first-order valence-corrected chi connectivity index (χ1v) is 11.0. The Morgan fingerprint density at radius 1 is 0.972 bits per heavy atom. The molecule has 1 N–H and O–H groups in total. The molecule has 1 amide bonds. The minimum absolute atomic E-state index is 0.0462. The van der Waals surface area contributed by atoms with Gasteiger partial charge in [0.15, 0.2) is 12.4 Å². The molecule has 0 radical (unpaired) electrons. The largest absolute Gasteiger partial charge is 0.471 e. The Bertz CT molecular complexity index is 1520. The van der Waals surface area contributed by atoms with Gasteiger partial charge in [0, 0.05) is 12.4 Å². The zero-order chi connectivity index (χ0) is 25.1. The van der Waals surface area contributed by atoms with Gasteiger partial charge in [-0.05, 0) is 40.6 Å². The molecular weight excluding hydrogens is 471 g/mol. The molecule has 0 unspecified atom stereocenters. The molecule has 3 aromatic carbocycles. The number of aromatic nitrogens is 4. The summed E-state index contributed by atoms with van der Waals surface area (Å²) in [6, 6.07) is 20.2. The van der Waals surface area contributed by atoms with Gasteiger partial charge in [0.25, 0.3) is 5.91 Å². The summed E-state index contributed by atoms with van der Waals surface area (Å²) in [5.74, 6) is -0.400. The lowest BCUT2D eigenvalue weighted by Crippen LogP contribution is -2.14. The van der Waals surface area contributed by atoms with Crippen LogP contribution in [0.5, 0.6) is 5.75 Å². The van der Waals surface area contributed by atoms with Gasteiger partial charge in [0.2, 0.25) is 0 Å². The molecule has 5 aromatic rings. The number of anilines is 1. The molecule has 0 atom stereocenters. The Morgan fingerprint density at radius 2 is 1.78 bits per heavy atom. The second-order valence-corrected chi connectivity index (χ2v) is 8.06. The van der Waals surface area contributed by atoms with Crippen molar-refractivity contribution < 1.29 is 22.7 Å². The van der Waals surface area contributed by atoms with E-state index in [1.807, 2.05) is 24.3 Å². The molecule has 36 heavy (non-hydrogen) atoms. The number of alkyl halides is 3. The summed E-state index contributed by atoms with van der Waals surface area (Å²) >= 11 is 0. The maximum Gasteiger partial charge on any atom is 0.416 e. The fourth-order valence-corrected chi connectivity index (χ4v) is 3.77. The SMILES string of the molecule is O=C(Nc1cnn(Cc2cccc3ccccc23)c1)c1ccn(COc2cccc(C(F)(F)F)c2)n1. The smallest absolute Gasteiger partial charge is 0.416 e. The highest BCUT2D eigenvalue weighted by Gasteiger charge is 2.30. The highest BCUT2D eigenvalue weighted by molar-refractivity contribution is 6.02. The molecule has 10 heteroatoms. The minimum Gasteiger partial charge on any atom is -0.471 e. The first-order valence-electron chi connectivity index (χ1n) is 11.0. The van der Waals surface area contributed by atoms with Crippen LogP contribution in [0.3, 0.4) is 0 Å². The molecule has 0 spiro atoms. The summed E-state index contributed by atoms with van der Waals surface area (Å²) in [4.78, 5) is 12.6. The predicted molar refractivity (Wildman–Crippen MR) is 128 cm³/mol. The topological polar surface area (TPSA) is 74.0 Å². The third kappa shape index (κ3) is 5.22. The number of fused-ring (bicyclic) bond motifs is 1.